The zero-order valence-corrected chi connectivity index (χ0v) is 11.8. The molecule has 0 aromatic heterocycles. The van der Waals surface area contributed by atoms with Crippen molar-refractivity contribution in [3.63, 3.8) is 0 Å². The number of rotatable bonds is 5. The Hall–Kier alpha value is -2.62. The number of allylic oxidation sites excluding steroid dienone is 1. The number of ether oxygens (including phenoxy) is 2. The minimum atomic E-state index is -0.598. The number of ketones is 1. The highest BCUT2D eigenvalue weighted by atomic mass is 19.1. The van der Waals surface area contributed by atoms with E-state index in [1.807, 2.05) is 12.1 Å². The summed E-state index contributed by atoms with van der Waals surface area (Å²) in [6, 6.07) is 11.4. The van der Waals surface area contributed by atoms with Crippen molar-refractivity contribution in [3.05, 3.63) is 65.5 Å². The first-order valence-corrected chi connectivity index (χ1v) is 6.34. The Balaban J connectivity index is 2.14. The predicted molar refractivity (Wildman–Crippen MR) is 79.3 cm³/mol. The first kappa shape index (κ1) is 14.8. The third-order valence-corrected chi connectivity index (χ3v) is 2.98. The van der Waals surface area contributed by atoms with Gasteiger partial charge in [-0.1, -0.05) is 18.2 Å². The van der Waals surface area contributed by atoms with Crippen LogP contribution in [0.4, 0.5) is 4.39 Å². The van der Waals surface area contributed by atoms with Gasteiger partial charge in [-0.3, -0.25) is 4.79 Å². The van der Waals surface area contributed by atoms with Crippen LogP contribution in [-0.4, -0.2) is 20.0 Å². The van der Waals surface area contributed by atoms with Gasteiger partial charge in [-0.25, -0.2) is 4.39 Å². The van der Waals surface area contributed by atoms with Gasteiger partial charge in [-0.05, 0) is 35.9 Å². The average molecular weight is 286 g/mol. The molecule has 0 radical (unpaired) electrons. The fourth-order valence-corrected chi connectivity index (χ4v) is 1.80. The van der Waals surface area contributed by atoms with Gasteiger partial charge in [0.25, 0.3) is 0 Å². The van der Waals surface area contributed by atoms with E-state index in [-0.39, 0.29) is 5.56 Å². The third-order valence-electron chi connectivity index (χ3n) is 2.98. The van der Waals surface area contributed by atoms with Crippen molar-refractivity contribution in [1.82, 2.24) is 0 Å². The van der Waals surface area contributed by atoms with Gasteiger partial charge in [0.15, 0.2) is 5.78 Å². The fraction of sp³-hybridized carbons (Fsp3) is 0.118. The van der Waals surface area contributed by atoms with Gasteiger partial charge >= 0.3 is 0 Å². The molecule has 0 amide bonds. The molecule has 2 aromatic carbocycles. The number of hydrogen-bond acceptors (Lipinski definition) is 3. The summed E-state index contributed by atoms with van der Waals surface area (Å²) in [6.45, 7) is 0. The minimum absolute atomic E-state index is 0.0144. The molecule has 0 fully saturated rings. The maximum absolute atomic E-state index is 13.8. The highest BCUT2D eigenvalue weighted by molar-refractivity contribution is 6.07. The van der Waals surface area contributed by atoms with Crippen molar-refractivity contribution in [3.8, 4) is 11.5 Å². The number of benzene rings is 2. The van der Waals surface area contributed by atoms with Crippen LogP contribution in [0.15, 0.2) is 48.5 Å². The lowest BCUT2D eigenvalue weighted by molar-refractivity contribution is 0.104. The predicted octanol–water partition coefficient (Wildman–Crippen LogP) is 3.74. The Kier molecular flexibility index (Phi) is 4.72. The summed E-state index contributed by atoms with van der Waals surface area (Å²) in [4.78, 5) is 12.0. The van der Waals surface area contributed by atoms with Gasteiger partial charge in [-0.2, -0.15) is 0 Å². The molecule has 3 nitrogen and oxygen atoms in total. The number of methoxy groups -OCH3 is 2. The van der Waals surface area contributed by atoms with Crippen molar-refractivity contribution in [2.45, 2.75) is 0 Å². The van der Waals surface area contributed by atoms with Crippen LogP contribution in [0, 0.1) is 5.82 Å². The first-order valence-electron chi connectivity index (χ1n) is 6.34. The molecular weight excluding hydrogens is 271 g/mol. The van der Waals surface area contributed by atoms with E-state index >= 15 is 0 Å². The monoisotopic (exact) mass is 286 g/mol. The quantitative estimate of drug-likeness (QED) is 0.620. The van der Waals surface area contributed by atoms with Crippen LogP contribution in [0.5, 0.6) is 11.5 Å². The highest BCUT2D eigenvalue weighted by Crippen LogP contribution is 2.18. The van der Waals surface area contributed by atoms with Crippen molar-refractivity contribution < 1.29 is 18.7 Å². The van der Waals surface area contributed by atoms with Crippen LogP contribution >= 0.6 is 0 Å². The summed E-state index contributed by atoms with van der Waals surface area (Å²) in [7, 11) is 3.03. The molecule has 0 heterocycles. The van der Waals surface area contributed by atoms with Gasteiger partial charge in [0.05, 0.1) is 19.8 Å². The van der Waals surface area contributed by atoms with Crippen LogP contribution in [0.2, 0.25) is 0 Å². The van der Waals surface area contributed by atoms with Crippen molar-refractivity contribution >= 4 is 11.9 Å². The van der Waals surface area contributed by atoms with E-state index in [0.717, 1.165) is 11.3 Å². The molecule has 108 valence electrons. The molecule has 21 heavy (non-hydrogen) atoms. The Morgan fingerprint density at radius 1 is 1.00 bits per heavy atom. The standard InChI is InChI=1S/C17H15FO3/c1-20-13-6-3-12(4-7-13)5-10-17(19)15-9-8-14(21-2)11-16(15)18/h3-11H,1-2H3. The third kappa shape index (κ3) is 3.69. The summed E-state index contributed by atoms with van der Waals surface area (Å²) >= 11 is 0. The van der Waals surface area contributed by atoms with Crippen LogP contribution < -0.4 is 9.47 Å². The van der Waals surface area contributed by atoms with Crippen molar-refractivity contribution in [1.29, 1.82) is 0 Å². The molecule has 2 rings (SSSR count). The van der Waals surface area contributed by atoms with Gasteiger partial charge in [0, 0.05) is 6.07 Å². The van der Waals surface area contributed by atoms with Crippen LogP contribution in [0.3, 0.4) is 0 Å². The summed E-state index contributed by atoms with van der Waals surface area (Å²) in [5, 5.41) is 0. The van der Waals surface area contributed by atoms with E-state index in [1.54, 1.807) is 31.4 Å². The lowest BCUT2D eigenvalue weighted by atomic mass is 10.1. The maximum Gasteiger partial charge on any atom is 0.188 e. The van der Waals surface area contributed by atoms with E-state index in [4.69, 9.17) is 9.47 Å². The Morgan fingerprint density at radius 3 is 2.19 bits per heavy atom. The van der Waals surface area contributed by atoms with Gasteiger partial charge in [0.1, 0.15) is 17.3 Å². The molecule has 0 atom stereocenters. The molecule has 0 saturated carbocycles. The van der Waals surface area contributed by atoms with E-state index in [1.165, 1.54) is 25.3 Å². The molecule has 0 aliphatic rings. The van der Waals surface area contributed by atoms with Gasteiger partial charge in [0.2, 0.25) is 0 Å². The molecule has 0 unspecified atom stereocenters. The zero-order valence-electron chi connectivity index (χ0n) is 11.8. The van der Waals surface area contributed by atoms with E-state index in [2.05, 4.69) is 0 Å². The van der Waals surface area contributed by atoms with Crippen LogP contribution in [-0.2, 0) is 0 Å². The molecule has 0 aliphatic heterocycles. The van der Waals surface area contributed by atoms with Gasteiger partial charge in [-0.15, -0.1) is 0 Å². The minimum Gasteiger partial charge on any atom is -0.497 e. The second-order valence-corrected chi connectivity index (χ2v) is 4.32. The lowest BCUT2D eigenvalue weighted by Crippen LogP contribution is -1.99. The van der Waals surface area contributed by atoms with Crippen molar-refractivity contribution in [2.24, 2.45) is 0 Å². The number of hydrogen-bond donors (Lipinski definition) is 0. The molecule has 4 heteroatoms. The fourth-order valence-electron chi connectivity index (χ4n) is 1.80. The van der Waals surface area contributed by atoms with Gasteiger partial charge < -0.3 is 9.47 Å². The summed E-state index contributed by atoms with van der Waals surface area (Å²) in [5.41, 5.74) is 0.846. The number of halogens is 1. The highest BCUT2D eigenvalue weighted by Gasteiger charge is 2.09. The largest absolute Gasteiger partial charge is 0.497 e. The van der Waals surface area contributed by atoms with Crippen LogP contribution in [0.25, 0.3) is 6.08 Å². The molecule has 0 aliphatic carbocycles. The second-order valence-electron chi connectivity index (χ2n) is 4.32. The second kappa shape index (κ2) is 6.70. The SMILES string of the molecule is COc1ccc(C=CC(=O)c2ccc(OC)cc2F)cc1. The number of carbonyl (C=O) groups is 1. The topological polar surface area (TPSA) is 35.5 Å². The Bertz CT molecular complexity index is 660. The normalized spacial score (nSPS) is 10.6. The molecule has 0 bridgehead atoms. The summed E-state index contributed by atoms with van der Waals surface area (Å²) in [6.07, 6.45) is 2.97. The average Bonchev–Trinajstić information content (AvgIpc) is 2.52. The van der Waals surface area contributed by atoms with E-state index in [0.29, 0.717) is 5.75 Å². The maximum atomic E-state index is 13.8. The molecule has 2 aromatic rings. The first-order chi connectivity index (χ1) is 10.1. The van der Waals surface area contributed by atoms with Crippen LogP contribution in [0.1, 0.15) is 15.9 Å². The Labute approximate surface area is 122 Å². The molecule has 0 N–H and O–H groups in total. The Morgan fingerprint density at radius 2 is 1.62 bits per heavy atom. The summed E-state index contributed by atoms with van der Waals surface area (Å²) in [5.74, 6) is 0.118. The lowest BCUT2D eigenvalue weighted by Gasteiger charge is -2.02. The zero-order chi connectivity index (χ0) is 15.2. The number of carbonyl (C=O) groups excluding carboxylic acids is 1. The van der Waals surface area contributed by atoms with Crippen molar-refractivity contribution in [2.75, 3.05) is 14.2 Å². The smallest absolute Gasteiger partial charge is 0.188 e. The van der Waals surface area contributed by atoms with E-state index in [9.17, 15) is 9.18 Å². The molecule has 0 saturated heterocycles. The van der Waals surface area contributed by atoms with E-state index < -0.39 is 11.6 Å². The molecule has 0 spiro atoms. The summed E-state index contributed by atoms with van der Waals surface area (Å²) < 4.78 is 23.7. The molecular formula is C17H15FO3.